The minimum Gasteiger partial charge on any atom is -0.419 e. The van der Waals surface area contributed by atoms with Crippen molar-refractivity contribution < 1.29 is 9.21 Å². The first kappa shape index (κ1) is 19.4. The van der Waals surface area contributed by atoms with Crippen LogP contribution in [0.3, 0.4) is 0 Å². The van der Waals surface area contributed by atoms with Gasteiger partial charge in [0.05, 0.1) is 17.8 Å². The summed E-state index contributed by atoms with van der Waals surface area (Å²) in [5.41, 5.74) is 3.79. The highest BCUT2D eigenvalue weighted by Gasteiger charge is 2.31. The fourth-order valence-corrected chi connectivity index (χ4v) is 4.22. The molecule has 1 aliphatic rings. The molecule has 0 bridgehead atoms. The highest BCUT2D eigenvalue weighted by molar-refractivity contribution is 5.85. The quantitative estimate of drug-likeness (QED) is 0.496. The molecule has 0 N–H and O–H groups in total. The maximum atomic E-state index is 12.8. The van der Waals surface area contributed by atoms with Crippen molar-refractivity contribution >= 4 is 16.8 Å². The standard InChI is InChI=1S/C23H24N6O2/c1-15-11-25-19(12-24-15)23-27-26-22(31-23)17-9-10-29(14-17)21(30)8-7-16-13-28(2)20-6-4-3-5-18(16)20/h3-6,11-13,17H,7-10,14H2,1-2H3/t17-/m0/s1. The molecule has 3 aromatic heterocycles. The molecular weight excluding hydrogens is 392 g/mol. The molecule has 1 fully saturated rings. The molecule has 1 amide bonds. The maximum Gasteiger partial charge on any atom is 0.267 e. The fourth-order valence-electron chi connectivity index (χ4n) is 4.22. The summed E-state index contributed by atoms with van der Waals surface area (Å²) in [5.74, 6) is 1.14. The maximum absolute atomic E-state index is 12.8. The van der Waals surface area contributed by atoms with Crippen LogP contribution in [0, 0.1) is 6.92 Å². The van der Waals surface area contributed by atoms with Gasteiger partial charge in [0.15, 0.2) is 0 Å². The fraction of sp³-hybridized carbons (Fsp3) is 0.348. The molecule has 158 valence electrons. The second kappa shape index (κ2) is 7.94. The van der Waals surface area contributed by atoms with Crippen LogP contribution in [0.25, 0.3) is 22.5 Å². The second-order valence-corrected chi connectivity index (χ2v) is 8.10. The van der Waals surface area contributed by atoms with E-state index in [1.165, 1.54) is 16.5 Å². The summed E-state index contributed by atoms with van der Waals surface area (Å²) in [7, 11) is 2.04. The smallest absolute Gasteiger partial charge is 0.267 e. The van der Waals surface area contributed by atoms with Gasteiger partial charge in [-0.05, 0) is 31.4 Å². The number of hydrogen-bond donors (Lipinski definition) is 0. The molecule has 1 saturated heterocycles. The molecule has 0 spiro atoms. The number of fused-ring (bicyclic) bond motifs is 1. The largest absolute Gasteiger partial charge is 0.419 e. The third-order valence-corrected chi connectivity index (χ3v) is 5.92. The third-order valence-electron chi connectivity index (χ3n) is 5.92. The summed E-state index contributed by atoms with van der Waals surface area (Å²) in [5, 5.41) is 9.53. The van der Waals surface area contributed by atoms with E-state index < -0.39 is 0 Å². The molecule has 0 radical (unpaired) electrons. The number of aryl methyl sites for hydroxylation is 3. The number of hydrogen-bond acceptors (Lipinski definition) is 6. The van der Waals surface area contributed by atoms with Crippen molar-refractivity contribution in [1.82, 2.24) is 29.6 Å². The van der Waals surface area contributed by atoms with E-state index in [0.29, 0.717) is 37.0 Å². The minimum absolute atomic E-state index is 0.0566. The van der Waals surface area contributed by atoms with Crippen LogP contribution < -0.4 is 0 Å². The number of rotatable bonds is 5. The van der Waals surface area contributed by atoms with Crippen LogP contribution in [-0.2, 0) is 18.3 Å². The number of nitrogens with zero attached hydrogens (tertiary/aromatic N) is 6. The van der Waals surface area contributed by atoms with Gasteiger partial charge in [-0.3, -0.25) is 9.78 Å². The average molecular weight is 416 g/mol. The molecule has 4 heterocycles. The van der Waals surface area contributed by atoms with Crippen LogP contribution >= 0.6 is 0 Å². The van der Waals surface area contributed by atoms with Crippen molar-refractivity contribution in [3.8, 4) is 11.6 Å². The van der Waals surface area contributed by atoms with Gasteiger partial charge in [0.2, 0.25) is 11.8 Å². The lowest BCUT2D eigenvalue weighted by Gasteiger charge is -2.15. The molecule has 31 heavy (non-hydrogen) atoms. The number of para-hydroxylation sites is 1. The summed E-state index contributed by atoms with van der Waals surface area (Å²) in [6, 6.07) is 8.30. The van der Waals surface area contributed by atoms with Crippen LogP contribution in [-0.4, -0.2) is 48.6 Å². The predicted molar refractivity (Wildman–Crippen MR) is 115 cm³/mol. The molecule has 0 aliphatic carbocycles. The highest BCUT2D eigenvalue weighted by atomic mass is 16.4. The van der Waals surface area contributed by atoms with E-state index in [9.17, 15) is 4.79 Å². The normalized spacial score (nSPS) is 16.3. The molecule has 0 unspecified atom stereocenters. The summed E-state index contributed by atoms with van der Waals surface area (Å²) in [4.78, 5) is 23.2. The van der Waals surface area contributed by atoms with Crippen LogP contribution in [0.2, 0.25) is 0 Å². The molecule has 8 nitrogen and oxygen atoms in total. The first-order chi connectivity index (χ1) is 15.1. The van der Waals surface area contributed by atoms with Crippen molar-refractivity contribution in [2.24, 2.45) is 7.05 Å². The Kier molecular flexibility index (Phi) is 4.97. The van der Waals surface area contributed by atoms with E-state index in [1.807, 2.05) is 31.0 Å². The first-order valence-electron chi connectivity index (χ1n) is 10.5. The van der Waals surface area contributed by atoms with E-state index >= 15 is 0 Å². The number of aromatic nitrogens is 5. The molecule has 0 saturated carbocycles. The van der Waals surface area contributed by atoms with Gasteiger partial charge in [0, 0.05) is 49.9 Å². The number of carbonyl (C=O) groups excluding carboxylic acids is 1. The number of carbonyl (C=O) groups is 1. The van der Waals surface area contributed by atoms with Gasteiger partial charge in [-0.2, -0.15) is 0 Å². The van der Waals surface area contributed by atoms with Crippen molar-refractivity contribution in [2.45, 2.75) is 32.1 Å². The molecule has 4 aromatic rings. The Morgan fingerprint density at radius 3 is 2.90 bits per heavy atom. The zero-order chi connectivity index (χ0) is 21.4. The summed E-state index contributed by atoms with van der Waals surface area (Å²) >= 11 is 0. The molecule has 1 aliphatic heterocycles. The molecule has 5 rings (SSSR count). The SMILES string of the molecule is Cc1cnc(-c2nnc([C@H]3CCN(C(=O)CCc4cn(C)c5ccccc45)C3)o2)cn1. The van der Waals surface area contributed by atoms with Crippen molar-refractivity contribution in [2.75, 3.05) is 13.1 Å². The van der Waals surface area contributed by atoms with Gasteiger partial charge in [-0.25, -0.2) is 4.98 Å². The molecule has 1 atom stereocenters. The van der Waals surface area contributed by atoms with E-state index in [-0.39, 0.29) is 11.8 Å². The Morgan fingerprint density at radius 2 is 2.06 bits per heavy atom. The Balaban J connectivity index is 1.21. The second-order valence-electron chi connectivity index (χ2n) is 8.10. The van der Waals surface area contributed by atoms with Crippen LogP contribution in [0.15, 0.2) is 47.3 Å². The number of benzene rings is 1. The zero-order valence-electron chi connectivity index (χ0n) is 17.7. The summed E-state index contributed by atoms with van der Waals surface area (Å²) in [6.45, 7) is 3.19. The summed E-state index contributed by atoms with van der Waals surface area (Å²) < 4.78 is 7.95. The van der Waals surface area contributed by atoms with Crippen molar-refractivity contribution in [3.63, 3.8) is 0 Å². The number of likely N-dealkylation sites (tertiary alicyclic amines) is 1. The first-order valence-corrected chi connectivity index (χ1v) is 10.5. The van der Waals surface area contributed by atoms with Crippen LogP contribution in [0.1, 0.15) is 35.9 Å². The van der Waals surface area contributed by atoms with E-state index in [4.69, 9.17) is 4.42 Å². The van der Waals surface area contributed by atoms with Crippen LogP contribution in [0.5, 0.6) is 0 Å². The number of amides is 1. The van der Waals surface area contributed by atoms with Gasteiger partial charge in [0.25, 0.3) is 5.89 Å². The van der Waals surface area contributed by atoms with E-state index in [1.54, 1.807) is 12.4 Å². The Morgan fingerprint density at radius 1 is 1.19 bits per heavy atom. The Hall–Kier alpha value is -3.55. The van der Waals surface area contributed by atoms with Crippen LogP contribution in [0.4, 0.5) is 0 Å². The Labute approximate surface area is 179 Å². The van der Waals surface area contributed by atoms with E-state index in [0.717, 1.165) is 18.5 Å². The lowest BCUT2D eigenvalue weighted by atomic mass is 10.1. The monoisotopic (exact) mass is 416 g/mol. The van der Waals surface area contributed by atoms with Crippen molar-refractivity contribution in [3.05, 3.63) is 60.0 Å². The molecule has 1 aromatic carbocycles. The zero-order valence-corrected chi connectivity index (χ0v) is 17.7. The van der Waals surface area contributed by atoms with Gasteiger partial charge >= 0.3 is 0 Å². The lowest BCUT2D eigenvalue weighted by molar-refractivity contribution is -0.130. The van der Waals surface area contributed by atoms with Gasteiger partial charge in [-0.1, -0.05) is 18.2 Å². The Bertz CT molecular complexity index is 1230. The third kappa shape index (κ3) is 3.81. The van der Waals surface area contributed by atoms with Gasteiger partial charge in [-0.15, -0.1) is 10.2 Å². The lowest BCUT2D eigenvalue weighted by Crippen LogP contribution is -2.28. The molecule has 8 heteroatoms. The predicted octanol–water partition coefficient (Wildman–Crippen LogP) is 3.28. The van der Waals surface area contributed by atoms with Crippen molar-refractivity contribution in [1.29, 1.82) is 0 Å². The minimum atomic E-state index is 0.0566. The highest BCUT2D eigenvalue weighted by Crippen LogP contribution is 2.29. The molecular formula is C23H24N6O2. The van der Waals surface area contributed by atoms with Gasteiger partial charge in [0.1, 0.15) is 5.69 Å². The average Bonchev–Trinajstić information content (AvgIpc) is 3.52. The topological polar surface area (TPSA) is 89.9 Å². The van der Waals surface area contributed by atoms with Gasteiger partial charge < -0.3 is 13.9 Å². The summed E-state index contributed by atoms with van der Waals surface area (Å²) in [6.07, 6.45) is 7.47. The van der Waals surface area contributed by atoms with E-state index in [2.05, 4.69) is 43.1 Å².